The van der Waals surface area contributed by atoms with Gasteiger partial charge in [0.2, 0.25) is 0 Å². The van der Waals surface area contributed by atoms with Gasteiger partial charge in [-0.1, -0.05) is 20.8 Å². The molecule has 29 heavy (non-hydrogen) atoms. The van der Waals surface area contributed by atoms with Crippen molar-refractivity contribution in [1.29, 1.82) is 0 Å². The second-order valence-corrected chi connectivity index (χ2v) is 13.4. The van der Waals surface area contributed by atoms with Gasteiger partial charge in [0.05, 0.1) is 11.2 Å². The topological polar surface area (TPSA) is 40.5 Å². The van der Waals surface area contributed by atoms with Gasteiger partial charge in [0.15, 0.2) is 0 Å². The highest BCUT2D eigenvalue weighted by Gasteiger charge is 2.61. The van der Waals surface area contributed by atoms with Crippen LogP contribution in [0.4, 0.5) is 0 Å². The van der Waals surface area contributed by atoms with Gasteiger partial charge in [0, 0.05) is 0 Å². The van der Waals surface area contributed by atoms with E-state index in [2.05, 4.69) is 27.7 Å². The van der Waals surface area contributed by atoms with E-state index in [4.69, 9.17) is 0 Å². The summed E-state index contributed by atoms with van der Waals surface area (Å²) in [6.45, 7) is 13.7. The first kappa shape index (κ1) is 22.1. The van der Waals surface area contributed by atoms with E-state index in [0.717, 1.165) is 54.8 Å². The van der Waals surface area contributed by atoms with E-state index in [0.29, 0.717) is 10.8 Å². The van der Waals surface area contributed by atoms with Crippen LogP contribution < -0.4 is 0 Å². The lowest BCUT2D eigenvalue weighted by atomic mass is 9.43. The Bertz CT molecular complexity index is 604. The number of rotatable bonds is 4. The van der Waals surface area contributed by atoms with Crippen molar-refractivity contribution >= 4 is 0 Å². The predicted octanol–water partition coefficient (Wildman–Crippen LogP) is 6.58. The maximum absolute atomic E-state index is 10.7. The molecule has 4 aliphatic carbocycles. The standard InChI is InChI=1S/C27H48O2/c1-18(11-13-24(2,3)28)21-9-10-22-20-8-7-19-17-25(4,29)15-16-26(19,5)23(20)12-14-27(21,22)6/h18-23,28-29H,7-17H2,1-6H3/t18?,19-,20-,21+,22-,23-,25-,26-,27+/m0/s1. The molecule has 0 aliphatic heterocycles. The van der Waals surface area contributed by atoms with Gasteiger partial charge in [0.25, 0.3) is 0 Å². The molecular formula is C27H48O2. The first-order valence-electron chi connectivity index (χ1n) is 12.8. The highest BCUT2D eigenvalue weighted by Crippen LogP contribution is 2.68. The summed E-state index contributed by atoms with van der Waals surface area (Å²) in [5, 5.41) is 20.9. The quantitative estimate of drug-likeness (QED) is 0.555. The fourth-order valence-corrected chi connectivity index (χ4v) is 9.19. The van der Waals surface area contributed by atoms with Crippen LogP contribution in [0, 0.1) is 46.3 Å². The lowest BCUT2D eigenvalue weighted by molar-refractivity contribution is -0.148. The molecule has 2 N–H and O–H groups in total. The normalized spacial score (nSPS) is 51.1. The Labute approximate surface area is 180 Å². The van der Waals surface area contributed by atoms with Gasteiger partial charge in [0.1, 0.15) is 0 Å². The molecule has 0 aromatic carbocycles. The molecule has 4 rings (SSSR count). The molecule has 2 nitrogen and oxygen atoms in total. The third-order valence-electron chi connectivity index (χ3n) is 10.9. The van der Waals surface area contributed by atoms with Crippen molar-refractivity contribution in [3.63, 3.8) is 0 Å². The van der Waals surface area contributed by atoms with E-state index >= 15 is 0 Å². The van der Waals surface area contributed by atoms with Crippen LogP contribution in [0.25, 0.3) is 0 Å². The van der Waals surface area contributed by atoms with E-state index in [-0.39, 0.29) is 0 Å². The molecule has 0 amide bonds. The molecule has 0 bridgehead atoms. The van der Waals surface area contributed by atoms with E-state index in [9.17, 15) is 10.2 Å². The van der Waals surface area contributed by atoms with E-state index in [1.807, 2.05) is 13.8 Å². The Morgan fingerprint density at radius 1 is 0.897 bits per heavy atom. The third-order valence-corrected chi connectivity index (χ3v) is 10.9. The fraction of sp³-hybridized carbons (Fsp3) is 1.00. The Hall–Kier alpha value is -0.0800. The average molecular weight is 405 g/mol. The van der Waals surface area contributed by atoms with Gasteiger partial charge in [-0.25, -0.2) is 0 Å². The first-order valence-corrected chi connectivity index (χ1v) is 12.8. The summed E-state index contributed by atoms with van der Waals surface area (Å²) >= 11 is 0. The molecule has 0 aromatic heterocycles. The minimum atomic E-state index is -0.528. The van der Waals surface area contributed by atoms with E-state index in [1.165, 1.54) is 51.4 Å². The van der Waals surface area contributed by atoms with Crippen LogP contribution in [0.5, 0.6) is 0 Å². The van der Waals surface area contributed by atoms with Gasteiger partial charge in [-0.2, -0.15) is 0 Å². The van der Waals surface area contributed by atoms with Crippen molar-refractivity contribution < 1.29 is 10.2 Å². The Balaban J connectivity index is 1.49. The van der Waals surface area contributed by atoms with Gasteiger partial charge in [-0.05, 0) is 138 Å². The molecule has 0 aromatic rings. The van der Waals surface area contributed by atoms with Crippen molar-refractivity contribution in [3.05, 3.63) is 0 Å². The van der Waals surface area contributed by atoms with Crippen molar-refractivity contribution in [2.45, 2.75) is 123 Å². The van der Waals surface area contributed by atoms with Crippen molar-refractivity contribution in [2.75, 3.05) is 0 Å². The monoisotopic (exact) mass is 404 g/mol. The van der Waals surface area contributed by atoms with Gasteiger partial charge < -0.3 is 10.2 Å². The summed E-state index contributed by atoms with van der Waals surface area (Å²) in [5.41, 5.74) is 0.0369. The molecule has 0 spiro atoms. The number of hydrogen-bond donors (Lipinski definition) is 2. The molecule has 0 saturated heterocycles. The summed E-state index contributed by atoms with van der Waals surface area (Å²) in [6, 6.07) is 0. The molecule has 1 unspecified atom stereocenters. The average Bonchev–Trinajstić information content (AvgIpc) is 2.97. The van der Waals surface area contributed by atoms with Crippen LogP contribution in [0.2, 0.25) is 0 Å². The van der Waals surface area contributed by atoms with E-state index in [1.54, 1.807) is 0 Å². The predicted molar refractivity (Wildman–Crippen MR) is 121 cm³/mol. The Morgan fingerprint density at radius 2 is 1.59 bits per heavy atom. The minimum absolute atomic E-state index is 0.422. The second kappa shape index (κ2) is 7.22. The molecule has 4 aliphatic rings. The van der Waals surface area contributed by atoms with Crippen LogP contribution in [-0.2, 0) is 0 Å². The zero-order valence-electron chi connectivity index (χ0n) is 20.1. The van der Waals surface area contributed by atoms with Crippen LogP contribution in [0.15, 0.2) is 0 Å². The first-order chi connectivity index (χ1) is 13.4. The molecule has 0 radical (unpaired) electrons. The molecular weight excluding hydrogens is 356 g/mol. The summed E-state index contributed by atoms with van der Waals surface area (Å²) in [7, 11) is 0. The number of hydrogen-bond acceptors (Lipinski definition) is 2. The molecule has 2 heteroatoms. The van der Waals surface area contributed by atoms with Crippen molar-refractivity contribution in [1.82, 2.24) is 0 Å². The number of aliphatic hydroxyl groups is 2. The fourth-order valence-electron chi connectivity index (χ4n) is 9.19. The molecule has 9 atom stereocenters. The Morgan fingerprint density at radius 3 is 2.28 bits per heavy atom. The van der Waals surface area contributed by atoms with Crippen LogP contribution >= 0.6 is 0 Å². The summed E-state index contributed by atoms with van der Waals surface area (Å²) in [4.78, 5) is 0. The van der Waals surface area contributed by atoms with Crippen LogP contribution in [0.1, 0.15) is 112 Å². The highest BCUT2D eigenvalue weighted by molar-refractivity contribution is 5.10. The summed E-state index contributed by atoms with van der Waals surface area (Å²) in [5.74, 6) is 5.03. The maximum Gasteiger partial charge on any atom is 0.0622 e. The largest absolute Gasteiger partial charge is 0.390 e. The lowest BCUT2D eigenvalue weighted by Crippen LogP contribution is -2.55. The molecule has 168 valence electrons. The van der Waals surface area contributed by atoms with Crippen LogP contribution in [-0.4, -0.2) is 21.4 Å². The third kappa shape index (κ3) is 3.84. The zero-order chi connectivity index (χ0) is 21.2. The Kier molecular flexibility index (Phi) is 5.51. The van der Waals surface area contributed by atoms with Crippen molar-refractivity contribution in [3.8, 4) is 0 Å². The molecule has 4 saturated carbocycles. The second-order valence-electron chi connectivity index (χ2n) is 13.4. The summed E-state index contributed by atoms with van der Waals surface area (Å²) < 4.78 is 0. The van der Waals surface area contributed by atoms with Gasteiger partial charge in [-0.3, -0.25) is 0 Å². The molecule has 0 heterocycles. The number of fused-ring (bicyclic) bond motifs is 5. The molecule has 4 fully saturated rings. The van der Waals surface area contributed by atoms with Gasteiger partial charge in [-0.15, -0.1) is 0 Å². The minimum Gasteiger partial charge on any atom is -0.390 e. The smallest absolute Gasteiger partial charge is 0.0622 e. The van der Waals surface area contributed by atoms with E-state index < -0.39 is 11.2 Å². The van der Waals surface area contributed by atoms with Crippen LogP contribution in [0.3, 0.4) is 0 Å². The SMILES string of the molecule is CC(CCC(C)(C)O)[C@H]1CC[C@H]2[C@@H]3CC[C@H]4C[C@@](C)(O)CC[C@]4(C)[C@H]3CC[C@]12C. The highest BCUT2D eigenvalue weighted by atomic mass is 16.3. The van der Waals surface area contributed by atoms with Crippen molar-refractivity contribution in [2.24, 2.45) is 46.3 Å². The maximum atomic E-state index is 10.7. The van der Waals surface area contributed by atoms with Gasteiger partial charge >= 0.3 is 0 Å². The zero-order valence-corrected chi connectivity index (χ0v) is 20.1. The lowest BCUT2D eigenvalue weighted by Gasteiger charge is -2.62. The summed E-state index contributed by atoms with van der Waals surface area (Å²) in [6.07, 6.45) is 13.8.